The molecule has 0 aromatic heterocycles. The molecule has 0 bridgehead atoms. The molecule has 2 amide bonds. The molecular formula is C26H31N5O6. The van der Waals surface area contributed by atoms with Gasteiger partial charge in [0.15, 0.2) is 5.96 Å². The summed E-state index contributed by atoms with van der Waals surface area (Å²) < 4.78 is 0. The van der Waals surface area contributed by atoms with Crippen LogP contribution >= 0.6 is 0 Å². The summed E-state index contributed by atoms with van der Waals surface area (Å²) in [6.45, 7) is 1.42. The predicted molar refractivity (Wildman–Crippen MR) is 135 cm³/mol. The Morgan fingerprint density at radius 1 is 1.00 bits per heavy atom. The maximum absolute atomic E-state index is 13.6. The molecule has 0 radical (unpaired) electrons. The van der Waals surface area contributed by atoms with Gasteiger partial charge in [-0.2, -0.15) is 0 Å². The number of carbonyl (C=O) groups is 4. The first kappa shape index (κ1) is 27.3. The number of nitrogens with two attached hydrogens (primary N) is 2. The summed E-state index contributed by atoms with van der Waals surface area (Å²) in [5.74, 6) is -4.76. The predicted octanol–water partition coefficient (Wildman–Crippen LogP) is 1.10. The number of aliphatic carboxylic acids is 2. The van der Waals surface area contributed by atoms with Gasteiger partial charge in [0.1, 0.15) is 5.54 Å². The molecule has 2 heterocycles. The summed E-state index contributed by atoms with van der Waals surface area (Å²) in [4.78, 5) is 53.9. The van der Waals surface area contributed by atoms with Crippen molar-refractivity contribution in [3.63, 3.8) is 0 Å². The van der Waals surface area contributed by atoms with Gasteiger partial charge in [-0.15, -0.1) is 0 Å². The Kier molecular flexibility index (Phi) is 8.61. The maximum Gasteiger partial charge on any atom is 0.324 e. The summed E-state index contributed by atoms with van der Waals surface area (Å²) >= 11 is 0. The first-order valence-electron chi connectivity index (χ1n) is 11.8. The first-order valence-corrected chi connectivity index (χ1v) is 11.8. The largest absolute Gasteiger partial charge is 0.481 e. The van der Waals surface area contributed by atoms with Gasteiger partial charge in [0.2, 0.25) is 11.8 Å². The van der Waals surface area contributed by atoms with E-state index in [1.807, 2.05) is 60.7 Å². The van der Waals surface area contributed by atoms with E-state index in [4.69, 9.17) is 21.4 Å². The third kappa shape index (κ3) is 5.95. The van der Waals surface area contributed by atoms with Crippen LogP contribution in [0.2, 0.25) is 0 Å². The number of guanidine groups is 1. The number of fused-ring (bicyclic) bond motifs is 1. The Hall–Kier alpha value is -4.25. The molecule has 4 unspecified atom stereocenters. The summed E-state index contributed by atoms with van der Waals surface area (Å²) in [5.41, 5.74) is 10.7. The molecule has 2 aliphatic rings. The van der Waals surface area contributed by atoms with E-state index in [1.54, 1.807) is 0 Å². The van der Waals surface area contributed by atoms with Crippen molar-refractivity contribution < 1.29 is 29.4 Å². The van der Waals surface area contributed by atoms with Crippen LogP contribution < -0.4 is 16.8 Å². The van der Waals surface area contributed by atoms with Crippen LogP contribution in [0.25, 0.3) is 0 Å². The minimum atomic E-state index is -1.61. The molecule has 196 valence electrons. The highest BCUT2D eigenvalue weighted by Crippen LogP contribution is 2.50. The summed E-state index contributed by atoms with van der Waals surface area (Å²) in [6.07, 6.45) is 0.434. The zero-order valence-corrected chi connectivity index (χ0v) is 20.4. The summed E-state index contributed by atoms with van der Waals surface area (Å²) in [6, 6.07) is 17.8. The van der Waals surface area contributed by atoms with Gasteiger partial charge in [-0.05, 0) is 24.0 Å². The number of nitrogens with zero attached hydrogens (tertiary/aromatic N) is 2. The van der Waals surface area contributed by atoms with Crippen molar-refractivity contribution in [1.82, 2.24) is 10.2 Å². The van der Waals surface area contributed by atoms with Crippen molar-refractivity contribution in [1.29, 1.82) is 0 Å². The maximum atomic E-state index is 13.6. The minimum Gasteiger partial charge on any atom is -0.481 e. The number of benzene rings is 2. The van der Waals surface area contributed by atoms with Crippen molar-refractivity contribution in [2.24, 2.45) is 28.3 Å². The van der Waals surface area contributed by atoms with Gasteiger partial charge in [0.05, 0.1) is 18.4 Å². The lowest BCUT2D eigenvalue weighted by atomic mass is 9.77. The van der Waals surface area contributed by atoms with Gasteiger partial charge < -0.3 is 21.7 Å². The minimum absolute atomic E-state index is 0.0834. The monoisotopic (exact) mass is 509 g/mol. The van der Waals surface area contributed by atoms with Crippen LogP contribution in [0.4, 0.5) is 0 Å². The second-order valence-electron chi connectivity index (χ2n) is 8.99. The zero-order valence-electron chi connectivity index (χ0n) is 20.4. The number of hydrogen-bond acceptors (Lipinski definition) is 6. The Labute approximate surface area is 214 Å². The molecule has 7 N–H and O–H groups in total. The van der Waals surface area contributed by atoms with E-state index in [0.29, 0.717) is 6.42 Å². The van der Waals surface area contributed by atoms with E-state index >= 15 is 0 Å². The second-order valence-corrected chi connectivity index (χ2v) is 8.99. The number of likely N-dealkylation sites (tertiary alicyclic amines) is 1. The molecule has 11 nitrogen and oxygen atoms in total. The van der Waals surface area contributed by atoms with Gasteiger partial charge in [-0.3, -0.25) is 34.4 Å². The van der Waals surface area contributed by atoms with Crippen LogP contribution in [0.5, 0.6) is 0 Å². The second kappa shape index (κ2) is 11.7. The molecule has 4 atom stereocenters. The molecule has 2 saturated heterocycles. The molecule has 2 aromatic rings. The van der Waals surface area contributed by atoms with Crippen LogP contribution in [0.15, 0.2) is 65.7 Å². The molecular weight excluding hydrogens is 478 g/mol. The molecule has 2 fully saturated rings. The normalized spacial score (nSPS) is 24.1. The molecule has 11 heteroatoms. The lowest BCUT2D eigenvalue weighted by molar-refractivity contribution is -0.152. The number of nitrogens with one attached hydrogen (secondary N) is 1. The van der Waals surface area contributed by atoms with E-state index < -0.39 is 41.3 Å². The topological polar surface area (TPSA) is 188 Å². The summed E-state index contributed by atoms with van der Waals surface area (Å²) in [7, 11) is 0. The quantitative estimate of drug-likeness (QED) is 0.150. The van der Waals surface area contributed by atoms with Gasteiger partial charge in [0, 0.05) is 19.5 Å². The lowest BCUT2D eigenvalue weighted by Gasteiger charge is -2.31. The number of rotatable bonds is 8. The molecule has 0 spiro atoms. The highest BCUT2D eigenvalue weighted by Gasteiger charge is 2.68. The third-order valence-electron chi connectivity index (χ3n) is 6.49. The van der Waals surface area contributed by atoms with Crippen LogP contribution in [0.1, 0.15) is 36.9 Å². The Morgan fingerprint density at radius 2 is 1.57 bits per heavy atom. The van der Waals surface area contributed by atoms with E-state index in [0.717, 1.165) is 18.1 Å². The highest BCUT2D eigenvalue weighted by atomic mass is 16.4. The van der Waals surface area contributed by atoms with Crippen molar-refractivity contribution in [2.75, 3.05) is 6.54 Å². The van der Waals surface area contributed by atoms with Gasteiger partial charge in [-0.25, -0.2) is 0 Å². The number of hydrogen-bond donors (Lipinski definition) is 5. The number of carboxylic acids is 2. The van der Waals surface area contributed by atoms with E-state index in [9.17, 15) is 19.5 Å². The number of carbonyl (C=O) groups excluding carboxylic acids is 2. The molecule has 2 aromatic carbocycles. The zero-order chi connectivity index (χ0) is 27.2. The number of aliphatic imine (C=N–C) groups is 1. The third-order valence-corrected chi connectivity index (χ3v) is 6.49. The van der Waals surface area contributed by atoms with Crippen molar-refractivity contribution >= 4 is 29.7 Å². The fourth-order valence-corrected chi connectivity index (χ4v) is 5.03. The van der Waals surface area contributed by atoms with Crippen LogP contribution in [-0.4, -0.2) is 56.9 Å². The Bertz CT molecular complexity index is 1160. The first-order chi connectivity index (χ1) is 17.6. The van der Waals surface area contributed by atoms with E-state index in [2.05, 4.69) is 10.3 Å². The number of amides is 2. The van der Waals surface area contributed by atoms with Crippen LogP contribution in [-0.2, 0) is 25.7 Å². The number of carboxylic acid groups (broad SMARTS) is 2. The van der Waals surface area contributed by atoms with Crippen molar-refractivity contribution in [2.45, 2.75) is 37.9 Å². The molecule has 2 aliphatic heterocycles. The standard InChI is InChI=1S/C24H27N5O4.C2H4O2/c25-23(26)27-13-7-12-24(22(32)33)18-17(19(28-24)16-10-5-2-6-11-16)20(30)29(21(18)31)14-15-8-3-1-4-9-15;1-2(3)4/h1-6,8-11,17-19,28H,7,12-14H2,(H,32,33)(H4,25,26,27);1H3,(H,3,4). The Balaban J connectivity index is 0.000000886. The average Bonchev–Trinajstić information content (AvgIpc) is 3.33. The van der Waals surface area contributed by atoms with Crippen LogP contribution in [0, 0.1) is 11.8 Å². The van der Waals surface area contributed by atoms with Crippen molar-refractivity contribution in [3.8, 4) is 0 Å². The fourth-order valence-electron chi connectivity index (χ4n) is 5.03. The highest BCUT2D eigenvalue weighted by molar-refractivity contribution is 6.09. The molecule has 37 heavy (non-hydrogen) atoms. The van der Waals surface area contributed by atoms with Gasteiger partial charge >= 0.3 is 5.97 Å². The SMILES string of the molecule is CC(=O)O.NC(N)=NCCCC1(C(=O)O)NC(c2ccccc2)C2C(=O)N(Cc3ccccc3)C(=O)C21. The van der Waals surface area contributed by atoms with E-state index in [1.165, 1.54) is 4.90 Å². The molecule has 0 saturated carbocycles. The molecule has 4 rings (SSSR count). The van der Waals surface area contributed by atoms with Crippen molar-refractivity contribution in [3.05, 3.63) is 71.8 Å². The summed E-state index contributed by atoms with van der Waals surface area (Å²) in [5, 5.41) is 20.9. The van der Waals surface area contributed by atoms with E-state index in [-0.39, 0.29) is 31.4 Å². The van der Waals surface area contributed by atoms with Gasteiger partial charge in [0.25, 0.3) is 5.97 Å². The Morgan fingerprint density at radius 3 is 2.11 bits per heavy atom. The average molecular weight is 510 g/mol. The smallest absolute Gasteiger partial charge is 0.324 e. The number of imide groups is 1. The van der Waals surface area contributed by atoms with Crippen LogP contribution in [0.3, 0.4) is 0 Å². The van der Waals surface area contributed by atoms with Gasteiger partial charge in [-0.1, -0.05) is 60.7 Å². The molecule has 0 aliphatic carbocycles. The fraction of sp³-hybridized carbons (Fsp3) is 0.346. The lowest BCUT2D eigenvalue weighted by Crippen LogP contribution is -2.55.